The van der Waals surface area contributed by atoms with Gasteiger partial charge in [0.05, 0.1) is 17.5 Å². The summed E-state index contributed by atoms with van der Waals surface area (Å²) < 4.78 is 7.36. The number of hydrogen-bond acceptors (Lipinski definition) is 6. The van der Waals surface area contributed by atoms with Gasteiger partial charge in [-0.3, -0.25) is 14.5 Å². The molecule has 2 aromatic carbocycles. The molecule has 0 fully saturated rings. The maximum absolute atomic E-state index is 12.6. The predicted molar refractivity (Wildman–Crippen MR) is 124 cm³/mol. The molecule has 1 aliphatic rings. The van der Waals surface area contributed by atoms with Gasteiger partial charge in [-0.05, 0) is 56.2 Å². The highest BCUT2D eigenvalue weighted by molar-refractivity contribution is 7.99. The molecular weight excluding hydrogens is 426 g/mol. The fraction of sp³-hybridized carbons (Fsp3) is 0.304. The van der Waals surface area contributed by atoms with Gasteiger partial charge in [-0.15, -0.1) is 10.2 Å². The molecule has 0 bridgehead atoms. The summed E-state index contributed by atoms with van der Waals surface area (Å²) >= 11 is 1.30. The summed E-state index contributed by atoms with van der Waals surface area (Å²) in [4.78, 5) is 26.7. The molecule has 0 aliphatic carbocycles. The number of ether oxygens (including phenoxy) is 1. The number of aryl methyl sites for hydroxylation is 2. The number of thioether (sulfide) groups is 1. The van der Waals surface area contributed by atoms with E-state index < -0.39 is 0 Å². The lowest BCUT2D eigenvalue weighted by atomic mass is 10.1. The number of anilines is 2. The highest BCUT2D eigenvalue weighted by atomic mass is 32.2. The Morgan fingerprint density at radius 1 is 1.19 bits per heavy atom. The second-order valence-electron chi connectivity index (χ2n) is 7.81. The Kier molecular flexibility index (Phi) is 6.18. The van der Waals surface area contributed by atoms with Crippen LogP contribution in [0.4, 0.5) is 11.4 Å². The minimum absolute atomic E-state index is 0.0145. The van der Waals surface area contributed by atoms with E-state index in [1.807, 2.05) is 68.8 Å². The van der Waals surface area contributed by atoms with Crippen LogP contribution < -0.4 is 15.0 Å². The standard InChI is InChI=1S/C23H25N5O3S/c1-14-9-15(2)11-17(10-14)24-20(29)13-32-23-26-25-22(27(23)4)16(3)28-18-7-5-6-8-19(18)31-12-21(28)30/h5-11,16H,12-13H2,1-4H3,(H,24,29)/t16-/m0/s1. The van der Waals surface area contributed by atoms with Crippen molar-refractivity contribution in [1.29, 1.82) is 0 Å². The van der Waals surface area contributed by atoms with Crippen molar-refractivity contribution in [1.82, 2.24) is 14.8 Å². The molecule has 2 amide bonds. The normalized spacial score (nSPS) is 14.0. The summed E-state index contributed by atoms with van der Waals surface area (Å²) in [6, 6.07) is 13.0. The maximum Gasteiger partial charge on any atom is 0.265 e. The highest BCUT2D eigenvalue weighted by Gasteiger charge is 2.32. The largest absolute Gasteiger partial charge is 0.482 e. The Bertz CT molecular complexity index is 1160. The quantitative estimate of drug-likeness (QED) is 0.576. The molecule has 0 unspecified atom stereocenters. The zero-order valence-corrected chi connectivity index (χ0v) is 19.3. The van der Waals surface area contributed by atoms with Crippen molar-refractivity contribution in [2.75, 3.05) is 22.6 Å². The molecule has 0 saturated carbocycles. The molecule has 3 aromatic rings. The number of carbonyl (C=O) groups is 2. The van der Waals surface area contributed by atoms with Crippen molar-refractivity contribution in [2.24, 2.45) is 7.05 Å². The third-order valence-corrected chi connectivity index (χ3v) is 6.23. The monoisotopic (exact) mass is 451 g/mol. The van der Waals surface area contributed by atoms with Crippen LogP contribution in [0.15, 0.2) is 47.6 Å². The van der Waals surface area contributed by atoms with Crippen molar-refractivity contribution in [3.8, 4) is 5.75 Å². The van der Waals surface area contributed by atoms with Gasteiger partial charge in [-0.1, -0.05) is 30.0 Å². The van der Waals surface area contributed by atoms with Crippen LogP contribution in [0.3, 0.4) is 0 Å². The number of nitrogens with one attached hydrogen (secondary N) is 1. The van der Waals surface area contributed by atoms with Gasteiger partial charge in [0.15, 0.2) is 17.6 Å². The molecule has 1 aliphatic heterocycles. The number of amides is 2. The zero-order valence-electron chi connectivity index (χ0n) is 18.5. The lowest BCUT2D eigenvalue weighted by Crippen LogP contribution is -2.41. The van der Waals surface area contributed by atoms with E-state index in [4.69, 9.17) is 4.74 Å². The fourth-order valence-electron chi connectivity index (χ4n) is 3.85. The first-order valence-electron chi connectivity index (χ1n) is 10.3. The van der Waals surface area contributed by atoms with Crippen LogP contribution in [-0.4, -0.2) is 38.9 Å². The smallest absolute Gasteiger partial charge is 0.265 e. The highest BCUT2D eigenvalue weighted by Crippen LogP contribution is 2.37. The topological polar surface area (TPSA) is 89.3 Å². The van der Waals surface area contributed by atoms with Gasteiger partial charge in [0.25, 0.3) is 5.91 Å². The number of aromatic nitrogens is 3. The summed E-state index contributed by atoms with van der Waals surface area (Å²) in [7, 11) is 1.84. The van der Waals surface area contributed by atoms with E-state index in [9.17, 15) is 9.59 Å². The summed E-state index contributed by atoms with van der Waals surface area (Å²) in [6.07, 6.45) is 0. The number of para-hydroxylation sites is 2. The number of nitrogens with zero attached hydrogens (tertiary/aromatic N) is 4. The van der Waals surface area contributed by atoms with E-state index in [0.29, 0.717) is 22.4 Å². The van der Waals surface area contributed by atoms with Gasteiger partial charge in [0.1, 0.15) is 5.75 Å². The van der Waals surface area contributed by atoms with Crippen molar-refractivity contribution in [3.63, 3.8) is 0 Å². The zero-order chi connectivity index (χ0) is 22.8. The van der Waals surface area contributed by atoms with E-state index in [1.165, 1.54) is 11.8 Å². The summed E-state index contributed by atoms with van der Waals surface area (Å²) in [5.74, 6) is 1.24. The summed E-state index contributed by atoms with van der Waals surface area (Å²) in [5.41, 5.74) is 3.68. The Balaban J connectivity index is 1.45. The van der Waals surface area contributed by atoms with Gasteiger partial charge >= 0.3 is 0 Å². The molecule has 0 radical (unpaired) electrons. The SMILES string of the molecule is Cc1cc(C)cc(NC(=O)CSc2nnc([C@H](C)N3C(=O)COc4ccccc43)n2C)c1. The minimum atomic E-state index is -0.344. The van der Waals surface area contributed by atoms with Crippen molar-refractivity contribution in [2.45, 2.75) is 32.0 Å². The van der Waals surface area contributed by atoms with Gasteiger partial charge in [-0.2, -0.15) is 0 Å². The molecule has 8 nitrogen and oxygen atoms in total. The molecule has 4 rings (SSSR count). The first-order chi connectivity index (χ1) is 15.3. The van der Waals surface area contributed by atoms with E-state index >= 15 is 0 Å². The first kappa shape index (κ1) is 21.9. The number of fused-ring (bicyclic) bond motifs is 1. The second kappa shape index (κ2) is 9.04. The van der Waals surface area contributed by atoms with Crippen LogP contribution in [0.1, 0.15) is 29.9 Å². The van der Waals surface area contributed by atoms with Crippen LogP contribution in [0.5, 0.6) is 5.75 Å². The molecule has 1 atom stereocenters. The van der Waals surface area contributed by atoms with Crippen LogP contribution in [0.2, 0.25) is 0 Å². The van der Waals surface area contributed by atoms with Gasteiger partial charge in [0, 0.05) is 12.7 Å². The molecule has 2 heterocycles. The van der Waals surface area contributed by atoms with Crippen molar-refractivity contribution >= 4 is 35.0 Å². The van der Waals surface area contributed by atoms with Crippen LogP contribution in [0.25, 0.3) is 0 Å². The number of rotatable bonds is 6. The second-order valence-corrected chi connectivity index (χ2v) is 8.75. The van der Waals surface area contributed by atoms with Crippen LogP contribution in [-0.2, 0) is 16.6 Å². The van der Waals surface area contributed by atoms with Crippen molar-refractivity contribution < 1.29 is 14.3 Å². The molecule has 1 aromatic heterocycles. The van der Waals surface area contributed by atoms with E-state index in [0.717, 1.165) is 16.8 Å². The summed E-state index contributed by atoms with van der Waals surface area (Å²) in [6.45, 7) is 5.89. The Morgan fingerprint density at radius 3 is 2.66 bits per heavy atom. The molecule has 9 heteroatoms. The number of benzene rings is 2. The lowest BCUT2D eigenvalue weighted by Gasteiger charge is -2.33. The average Bonchev–Trinajstić information content (AvgIpc) is 3.11. The molecular formula is C23H25N5O3S. The van der Waals surface area contributed by atoms with Gasteiger partial charge in [0.2, 0.25) is 5.91 Å². The third kappa shape index (κ3) is 4.47. The summed E-state index contributed by atoms with van der Waals surface area (Å²) in [5, 5.41) is 12.1. The predicted octanol–water partition coefficient (Wildman–Crippen LogP) is 3.65. The average molecular weight is 452 g/mol. The van der Waals surface area contributed by atoms with Crippen LogP contribution >= 0.6 is 11.8 Å². The Labute approximate surface area is 191 Å². The molecule has 0 saturated heterocycles. The molecule has 1 N–H and O–H groups in total. The maximum atomic E-state index is 12.6. The molecule has 166 valence electrons. The van der Waals surface area contributed by atoms with E-state index in [-0.39, 0.29) is 30.2 Å². The third-order valence-electron chi connectivity index (χ3n) is 5.21. The number of carbonyl (C=O) groups excluding carboxylic acids is 2. The van der Waals surface area contributed by atoms with E-state index in [2.05, 4.69) is 21.6 Å². The Hall–Kier alpha value is -3.33. The fourth-order valence-corrected chi connectivity index (χ4v) is 4.57. The molecule has 32 heavy (non-hydrogen) atoms. The van der Waals surface area contributed by atoms with Crippen molar-refractivity contribution in [3.05, 3.63) is 59.4 Å². The van der Waals surface area contributed by atoms with Crippen LogP contribution in [0, 0.1) is 13.8 Å². The molecule has 0 spiro atoms. The Morgan fingerprint density at radius 2 is 1.91 bits per heavy atom. The number of hydrogen-bond donors (Lipinski definition) is 1. The van der Waals surface area contributed by atoms with Gasteiger partial charge < -0.3 is 14.6 Å². The van der Waals surface area contributed by atoms with E-state index in [1.54, 1.807) is 4.90 Å². The van der Waals surface area contributed by atoms with Gasteiger partial charge in [-0.25, -0.2) is 0 Å². The first-order valence-corrected chi connectivity index (χ1v) is 11.3. The minimum Gasteiger partial charge on any atom is -0.482 e. The lowest BCUT2D eigenvalue weighted by molar-refractivity contribution is -0.121.